The van der Waals surface area contributed by atoms with Crippen molar-refractivity contribution in [3.8, 4) is 0 Å². The number of unbranched alkanes of at least 4 members (excludes halogenated alkanes) is 2. The molecule has 0 spiro atoms. The first-order chi connectivity index (χ1) is 12.8. The van der Waals surface area contributed by atoms with Crippen LogP contribution < -0.4 is 11.5 Å². The van der Waals surface area contributed by atoms with Gasteiger partial charge in [0.1, 0.15) is 0 Å². The Morgan fingerprint density at radius 1 is 0.926 bits per heavy atom. The molecule has 1 aromatic rings. The quantitative estimate of drug-likeness (QED) is 0.472. The first-order valence-corrected chi connectivity index (χ1v) is 11.1. The van der Waals surface area contributed by atoms with Gasteiger partial charge in [-0.1, -0.05) is 96.1 Å². The van der Waals surface area contributed by atoms with E-state index in [-0.39, 0.29) is 5.54 Å². The summed E-state index contributed by atoms with van der Waals surface area (Å²) in [5.41, 5.74) is 14.9. The van der Waals surface area contributed by atoms with Gasteiger partial charge in [0, 0.05) is 12.1 Å². The molecule has 1 saturated carbocycles. The monoisotopic (exact) mass is 374 g/mol. The van der Waals surface area contributed by atoms with E-state index in [1.807, 2.05) is 0 Å². The molecule has 0 radical (unpaired) electrons. The van der Waals surface area contributed by atoms with Gasteiger partial charge in [-0.25, -0.2) is 0 Å². The average molecular weight is 375 g/mol. The Labute approximate surface area is 169 Å². The van der Waals surface area contributed by atoms with Crippen LogP contribution in [0.5, 0.6) is 0 Å². The Bertz CT molecular complexity index is 456. The van der Waals surface area contributed by atoms with Gasteiger partial charge < -0.3 is 11.5 Å². The molecule has 0 bridgehead atoms. The summed E-state index contributed by atoms with van der Waals surface area (Å²) in [5.74, 6) is 0. The maximum absolute atomic E-state index is 5.65. The zero-order valence-corrected chi connectivity index (χ0v) is 18.7. The van der Waals surface area contributed by atoms with E-state index in [9.17, 15) is 0 Å². The van der Waals surface area contributed by atoms with Crippen LogP contribution in [0.4, 0.5) is 0 Å². The molecule has 0 saturated heterocycles. The van der Waals surface area contributed by atoms with Crippen molar-refractivity contribution in [2.24, 2.45) is 11.5 Å². The van der Waals surface area contributed by atoms with E-state index in [0.29, 0.717) is 6.54 Å². The van der Waals surface area contributed by atoms with Crippen molar-refractivity contribution < 1.29 is 0 Å². The van der Waals surface area contributed by atoms with Crippen molar-refractivity contribution in [2.75, 3.05) is 0 Å². The van der Waals surface area contributed by atoms with Crippen molar-refractivity contribution >= 4 is 5.57 Å². The van der Waals surface area contributed by atoms with Gasteiger partial charge in [-0.05, 0) is 49.8 Å². The van der Waals surface area contributed by atoms with Crippen LogP contribution in [0.1, 0.15) is 109 Å². The molecule has 0 atom stereocenters. The third-order valence-corrected chi connectivity index (χ3v) is 4.82. The highest BCUT2D eigenvalue weighted by Crippen LogP contribution is 2.19. The third kappa shape index (κ3) is 15.6. The standard InChI is InChI=1S/C14H21N.C6H15N.C5H10/c1-3-4-5-6-12(2)14-9-7-13(11-15)8-10-14;1-4-5-6(2,3)7;1-2-4-5-3-1/h7-10H,2-6,11,15H2,1H3;4-5,7H2,1-3H3;1-5H2. The van der Waals surface area contributed by atoms with E-state index in [1.165, 1.54) is 74.5 Å². The summed E-state index contributed by atoms with van der Waals surface area (Å²) in [4.78, 5) is 0. The van der Waals surface area contributed by atoms with Gasteiger partial charge >= 0.3 is 0 Å². The van der Waals surface area contributed by atoms with E-state index < -0.39 is 0 Å². The highest BCUT2D eigenvalue weighted by Gasteiger charge is 2.06. The van der Waals surface area contributed by atoms with Crippen molar-refractivity contribution in [2.45, 2.75) is 110 Å². The van der Waals surface area contributed by atoms with E-state index in [4.69, 9.17) is 11.5 Å². The number of hydrogen-bond donors (Lipinski definition) is 2. The fourth-order valence-corrected chi connectivity index (χ4v) is 3.14. The Hall–Kier alpha value is -1.12. The maximum atomic E-state index is 5.65. The second-order valence-corrected chi connectivity index (χ2v) is 8.47. The highest BCUT2D eigenvalue weighted by atomic mass is 14.7. The predicted molar refractivity (Wildman–Crippen MR) is 124 cm³/mol. The Kier molecular flexibility index (Phi) is 15.2. The molecule has 0 aromatic heterocycles. The number of benzene rings is 1. The minimum Gasteiger partial charge on any atom is -0.326 e. The van der Waals surface area contributed by atoms with E-state index >= 15 is 0 Å². The number of allylic oxidation sites excluding steroid dienone is 1. The lowest BCUT2D eigenvalue weighted by atomic mass is 10.0. The van der Waals surface area contributed by atoms with Crippen molar-refractivity contribution in [1.29, 1.82) is 0 Å². The number of rotatable bonds is 8. The molecule has 0 heterocycles. The molecule has 1 aliphatic rings. The van der Waals surface area contributed by atoms with Crippen molar-refractivity contribution in [3.63, 3.8) is 0 Å². The largest absolute Gasteiger partial charge is 0.326 e. The normalized spacial score (nSPS) is 13.3. The second kappa shape index (κ2) is 15.9. The average Bonchev–Trinajstić information content (AvgIpc) is 3.21. The SMILES string of the molecule is C1CCCC1.C=C(CCCCC)c1ccc(CN)cc1.CCCC(C)(C)N. The van der Waals surface area contributed by atoms with Gasteiger partial charge in [0.25, 0.3) is 0 Å². The first kappa shape index (κ1) is 25.9. The molecule has 156 valence electrons. The molecule has 4 N–H and O–H groups in total. The lowest BCUT2D eigenvalue weighted by Gasteiger charge is -2.15. The van der Waals surface area contributed by atoms with Crippen molar-refractivity contribution in [1.82, 2.24) is 0 Å². The molecule has 27 heavy (non-hydrogen) atoms. The molecule has 1 fully saturated rings. The summed E-state index contributed by atoms with van der Waals surface area (Å²) in [6.45, 7) is 13.2. The smallest absolute Gasteiger partial charge is 0.0178 e. The van der Waals surface area contributed by atoms with Gasteiger partial charge in [0.05, 0.1) is 0 Å². The molecule has 2 heteroatoms. The maximum Gasteiger partial charge on any atom is 0.0178 e. The van der Waals surface area contributed by atoms with Crippen LogP contribution in [0.25, 0.3) is 5.57 Å². The molecule has 0 amide bonds. The predicted octanol–water partition coefficient (Wildman–Crippen LogP) is 7.21. The fraction of sp³-hybridized carbons (Fsp3) is 0.680. The lowest BCUT2D eigenvalue weighted by Crippen LogP contribution is -2.31. The third-order valence-electron chi connectivity index (χ3n) is 4.82. The minimum atomic E-state index is 0.0503. The molecular formula is C25H46N2. The number of nitrogens with two attached hydrogens (primary N) is 2. The van der Waals surface area contributed by atoms with Crippen LogP contribution in [-0.2, 0) is 6.54 Å². The summed E-state index contributed by atoms with van der Waals surface area (Å²) < 4.78 is 0. The summed E-state index contributed by atoms with van der Waals surface area (Å²) >= 11 is 0. The van der Waals surface area contributed by atoms with Crippen LogP contribution >= 0.6 is 0 Å². The van der Waals surface area contributed by atoms with Gasteiger partial charge in [0.2, 0.25) is 0 Å². The van der Waals surface area contributed by atoms with Gasteiger partial charge in [0.15, 0.2) is 0 Å². The van der Waals surface area contributed by atoms with Gasteiger partial charge in [-0.2, -0.15) is 0 Å². The zero-order chi connectivity index (χ0) is 20.5. The molecule has 1 aromatic carbocycles. The summed E-state index contributed by atoms with van der Waals surface area (Å²) in [5, 5.41) is 0. The number of hydrogen-bond acceptors (Lipinski definition) is 2. The molecule has 0 aliphatic heterocycles. The molecule has 2 nitrogen and oxygen atoms in total. The molecule has 2 rings (SSSR count). The summed E-state index contributed by atoms with van der Waals surface area (Å²) in [7, 11) is 0. The van der Waals surface area contributed by atoms with E-state index in [0.717, 1.165) is 12.8 Å². The first-order valence-electron chi connectivity index (χ1n) is 11.1. The van der Waals surface area contributed by atoms with Crippen LogP contribution in [0, 0.1) is 0 Å². The Morgan fingerprint density at radius 2 is 1.44 bits per heavy atom. The minimum absolute atomic E-state index is 0.0503. The van der Waals surface area contributed by atoms with Crippen LogP contribution in [0.3, 0.4) is 0 Å². The summed E-state index contributed by atoms with van der Waals surface area (Å²) in [6, 6.07) is 8.41. The molecule has 0 unspecified atom stereocenters. The molecule has 1 aliphatic carbocycles. The molecular weight excluding hydrogens is 328 g/mol. The Morgan fingerprint density at radius 3 is 1.78 bits per heavy atom. The second-order valence-electron chi connectivity index (χ2n) is 8.47. The van der Waals surface area contributed by atoms with Crippen LogP contribution in [0.15, 0.2) is 30.8 Å². The highest BCUT2D eigenvalue weighted by molar-refractivity contribution is 5.63. The van der Waals surface area contributed by atoms with Crippen LogP contribution in [-0.4, -0.2) is 5.54 Å². The Balaban J connectivity index is 0.000000462. The van der Waals surface area contributed by atoms with Gasteiger partial charge in [-0.3, -0.25) is 0 Å². The fourth-order valence-electron chi connectivity index (χ4n) is 3.14. The summed E-state index contributed by atoms with van der Waals surface area (Å²) in [6.07, 6.45) is 14.7. The zero-order valence-electron chi connectivity index (χ0n) is 18.7. The van der Waals surface area contributed by atoms with E-state index in [1.54, 1.807) is 0 Å². The lowest BCUT2D eigenvalue weighted by molar-refractivity contribution is 0.470. The van der Waals surface area contributed by atoms with Crippen molar-refractivity contribution in [3.05, 3.63) is 42.0 Å². The topological polar surface area (TPSA) is 52.0 Å². The van der Waals surface area contributed by atoms with E-state index in [2.05, 4.69) is 58.5 Å². The van der Waals surface area contributed by atoms with Gasteiger partial charge in [-0.15, -0.1) is 0 Å². The van der Waals surface area contributed by atoms with Crippen LogP contribution in [0.2, 0.25) is 0 Å².